The first-order chi connectivity index (χ1) is 4.95. The van der Waals surface area contributed by atoms with Gasteiger partial charge in [-0.15, -0.1) is 12.4 Å². The summed E-state index contributed by atoms with van der Waals surface area (Å²) in [5.41, 5.74) is 4.93. The number of aliphatic carboxylic acids is 1. The van der Waals surface area contributed by atoms with Crippen LogP contribution in [0.2, 0.25) is 0 Å². The Morgan fingerprint density at radius 1 is 1.67 bits per heavy atom. The van der Waals surface area contributed by atoms with Crippen LogP contribution in [0.5, 0.6) is 0 Å². The summed E-state index contributed by atoms with van der Waals surface area (Å²) in [5.74, 6) is -0.936. The molecule has 3 aliphatic rings. The zero-order valence-corrected chi connectivity index (χ0v) is 7.56. The van der Waals surface area contributed by atoms with Crippen LogP contribution in [0.1, 0.15) is 19.8 Å². The fraction of sp³-hybridized carbons (Fsp3) is 0.857. The molecule has 0 aromatic rings. The molecule has 1 atom stereocenters. The predicted octanol–water partition coefficient (Wildman–Crippen LogP) is 0.142. The lowest BCUT2D eigenvalue weighted by Crippen LogP contribution is -2.57. The van der Waals surface area contributed by atoms with Gasteiger partial charge in [0.15, 0.2) is 6.10 Å². The van der Waals surface area contributed by atoms with Crippen LogP contribution in [-0.2, 0) is 9.53 Å². The zero-order chi connectivity index (χ0) is 8.28. The average molecular weight is 194 g/mol. The fourth-order valence-corrected chi connectivity index (χ4v) is 2.31. The number of ether oxygens (including phenoxy) is 1. The number of hydrogen-bond acceptors (Lipinski definition) is 3. The summed E-state index contributed by atoms with van der Waals surface area (Å²) in [4.78, 5) is 10.6. The SMILES string of the molecule is CC12CC(N)(C1)C(C(=O)O)O2.Cl. The number of hydrogen-bond donors (Lipinski definition) is 2. The summed E-state index contributed by atoms with van der Waals surface area (Å²) in [5, 5.41) is 8.68. The van der Waals surface area contributed by atoms with Crippen molar-refractivity contribution >= 4 is 18.4 Å². The van der Waals surface area contributed by atoms with Crippen molar-refractivity contribution < 1.29 is 14.6 Å². The number of halogens is 1. The van der Waals surface area contributed by atoms with Crippen LogP contribution in [0.15, 0.2) is 0 Å². The lowest BCUT2D eigenvalue weighted by atomic mass is 9.68. The highest BCUT2D eigenvalue weighted by atomic mass is 35.5. The Kier molecular flexibility index (Phi) is 1.90. The van der Waals surface area contributed by atoms with Gasteiger partial charge in [0.05, 0.1) is 11.1 Å². The maximum Gasteiger partial charge on any atom is 0.334 e. The standard InChI is InChI=1S/C7H11NO3.ClH/c1-6-2-7(8,3-6)4(11-6)5(9)10;/h4H,2-3,8H2,1H3,(H,9,10);1H. The van der Waals surface area contributed by atoms with E-state index < -0.39 is 17.6 Å². The second-order valence-electron chi connectivity index (χ2n) is 3.87. The molecule has 0 amide bonds. The van der Waals surface area contributed by atoms with Crippen molar-refractivity contribution in [2.45, 2.75) is 37.0 Å². The van der Waals surface area contributed by atoms with Crippen LogP contribution in [-0.4, -0.2) is 28.3 Å². The molecule has 0 radical (unpaired) electrons. The van der Waals surface area contributed by atoms with Crippen molar-refractivity contribution in [2.75, 3.05) is 0 Å². The first-order valence-corrected chi connectivity index (χ1v) is 3.65. The van der Waals surface area contributed by atoms with Crippen LogP contribution in [0.25, 0.3) is 0 Å². The Balaban J connectivity index is 0.000000720. The summed E-state index contributed by atoms with van der Waals surface area (Å²) in [6.45, 7) is 1.90. The Morgan fingerprint density at radius 2 is 2.17 bits per heavy atom. The number of carboxylic acid groups (broad SMARTS) is 1. The van der Waals surface area contributed by atoms with Gasteiger partial charge >= 0.3 is 5.97 Å². The van der Waals surface area contributed by atoms with Gasteiger partial charge in [-0.3, -0.25) is 0 Å². The minimum absolute atomic E-state index is 0. The van der Waals surface area contributed by atoms with Crippen LogP contribution in [0, 0.1) is 0 Å². The van der Waals surface area contributed by atoms with E-state index in [1.54, 1.807) is 0 Å². The summed E-state index contributed by atoms with van der Waals surface area (Å²) in [6, 6.07) is 0. The van der Waals surface area contributed by atoms with Crippen LogP contribution >= 0.6 is 12.4 Å². The van der Waals surface area contributed by atoms with Gasteiger partial charge in [-0.1, -0.05) is 0 Å². The van der Waals surface area contributed by atoms with Gasteiger partial charge in [-0.25, -0.2) is 4.79 Å². The van der Waals surface area contributed by atoms with Gasteiger partial charge < -0.3 is 15.6 Å². The smallest absolute Gasteiger partial charge is 0.334 e. The van der Waals surface area contributed by atoms with Gasteiger partial charge in [-0.05, 0) is 19.8 Å². The molecular weight excluding hydrogens is 182 g/mol. The van der Waals surface area contributed by atoms with Gasteiger partial charge in [0, 0.05) is 0 Å². The molecule has 2 saturated heterocycles. The molecule has 3 rings (SSSR count). The van der Waals surface area contributed by atoms with E-state index in [9.17, 15) is 4.79 Å². The highest BCUT2D eigenvalue weighted by Crippen LogP contribution is 2.53. The molecule has 1 saturated carbocycles. The van der Waals surface area contributed by atoms with Gasteiger partial charge in [0.1, 0.15) is 0 Å². The second kappa shape index (κ2) is 2.34. The Hall–Kier alpha value is -0.320. The second-order valence-corrected chi connectivity index (χ2v) is 3.87. The van der Waals surface area contributed by atoms with Crippen molar-refractivity contribution in [1.82, 2.24) is 0 Å². The van der Waals surface area contributed by atoms with Crippen LogP contribution in [0.3, 0.4) is 0 Å². The maximum atomic E-state index is 10.6. The zero-order valence-electron chi connectivity index (χ0n) is 6.74. The van der Waals surface area contributed by atoms with E-state index in [1.807, 2.05) is 6.92 Å². The highest BCUT2D eigenvalue weighted by molar-refractivity contribution is 5.85. The summed E-state index contributed by atoms with van der Waals surface area (Å²) >= 11 is 0. The molecule has 1 unspecified atom stereocenters. The van der Waals surface area contributed by atoms with Gasteiger partial charge in [-0.2, -0.15) is 0 Å². The third kappa shape index (κ3) is 1.02. The number of fused-ring (bicyclic) bond motifs is 1. The van der Waals surface area contributed by atoms with E-state index in [4.69, 9.17) is 15.6 Å². The normalized spacial score (nSPS) is 49.3. The molecule has 2 heterocycles. The van der Waals surface area contributed by atoms with Crippen molar-refractivity contribution in [3.05, 3.63) is 0 Å². The van der Waals surface area contributed by atoms with Gasteiger partial charge in [0.25, 0.3) is 0 Å². The van der Waals surface area contributed by atoms with E-state index in [0.29, 0.717) is 12.8 Å². The van der Waals surface area contributed by atoms with Crippen molar-refractivity contribution in [2.24, 2.45) is 5.73 Å². The summed E-state index contributed by atoms with van der Waals surface area (Å²) in [7, 11) is 0. The van der Waals surface area contributed by atoms with Gasteiger partial charge in [0.2, 0.25) is 0 Å². The lowest BCUT2D eigenvalue weighted by molar-refractivity contribution is -0.149. The number of carboxylic acids is 1. The molecule has 12 heavy (non-hydrogen) atoms. The third-order valence-electron chi connectivity index (χ3n) is 2.55. The summed E-state index contributed by atoms with van der Waals surface area (Å²) in [6.07, 6.45) is 0.570. The average Bonchev–Trinajstić information content (AvgIpc) is 2.13. The van der Waals surface area contributed by atoms with Crippen LogP contribution in [0.4, 0.5) is 0 Å². The molecule has 5 heteroatoms. The fourth-order valence-electron chi connectivity index (χ4n) is 2.31. The number of nitrogens with two attached hydrogens (primary N) is 1. The van der Waals surface area contributed by atoms with E-state index in [2.05, 4.69) is 0 Å². The Morgan fingerprint density at radius 3 is 2.33 bits per heavy atom. The third-order valence-corrected chi connectivity index (χ3v) is 2.55. The van der Waals surface area contributed by atoms with E-state index in [-0.39, 0.29) is 18.0 Å². The minimum Gasteiger partial charge on any atom is -0.479 e. The predicted molar refractivity (Wildman–Crippen MR) is 44.3 cm³/mol. The molecule has 0 spiro atoms. The molecule has 4 nitrogen and oxygen atoms in total. The first kappa shape index (κ1) is 9.77. The highest BCUT2D eigenvalue weighted by Gasteiger charge is 2.66. The minimum atomic E-state index is -0.936. The molecule has 3 N–H and O–H groups in total. The molecule has 3 fully saturated rings. The quantitative estimate of drug-likeness (QED) is 0.622. The molecule has 2 aliphatic heterocycles. The molecule has 0 aromatic heterocycles. The molecule has 2 bridgehead atoms. The Bertz CT molecular complexity index is 225. The molecule has 70 valence electrons. The topological polar surface area (TPSA) is 72.6 Å². The van der Waals surface area contributed by atoms with E-state index in [0.717, 1.165) is 0 Å². The lowest BCUT2D eigenvalue weighted by Gasteiger charge is -2.39. The molecule has 0 aromatic carbocycles. The number of rotatable bonds is 1. The number of carbonyl (C=O) groups is 1. The monoisotopic (exact) mass is 193 g/mol. The van der Waals surface area contributed by atoms with Crippen molar-refractivity contribution in [3.8, 4) is 0 Å². The van der Waals surface area contributed by atoms with E-state index >= 15 is 0 Å². The van der Waals surface area contributed by atoms with Crippen LogP contribution < -0.4 is 5.73 Å². The van der Waals surface area contributed by atoms with E-state index in [1.165, 1.54) is 0 Å². The largest absolute Gasteiger partial charge is 0.479 e. The molecule has 1 aliphatic carbocycles. The van der Waals surface area contributed by atoms with Crippen molar-refractivity contribution in [1.29, 1.82) is 0 Å². The summed E-state index contributed by atoms with van der Waals surface area (Å²) < 4.78 is 5.26. The Labute approximate surface area is 76.5 Å². The van der Waals surface area contributed by atoms with Crippen molar-refractivity contribution in [3.63, 3.8) is 0 Å². The maximum absolute atomic E-state index is 10.6. The molecular formula is C7H12ClNO3. The first-order valence-electron chi connectivity index (χ1n) is 3.65.